The summed E-state index contributed by atoms with van der Waals surface area (Å²) in [7, 11) is 4.08. The molecule has 0 atom stereocenters. The largest absolute Gasteiger partial charge is 0.379 e. The van der Waals surface area contributed by atoms with Crippen LogP contribution >= 0.6 is 11.6 Å². The predicted octanol–water partition coefficient (Wildman–Crippen LogP) is 1.66. The van der Waals surface area contributed by atoms with Crippen molar-refractivity contribution in [2.24, 2.45) is 0 Å². The summed E-state index contributed by atoms with van der Waals surface area (Å²) in [6.07, 6.45) is 3.85. The number of hydrogen-bond acceptors (Lipinski definition) is 4. The molecule has 6 heteroatoms. The van der Waals surface area contributed by atoms with Crippen LogP contribution in [-0.4, -0.2) is 54.7 Å². The summed E-state index contributed by atoms with van der Waals surface area (Å²) < 4.78 is 7.45. The van der Waals surface area contributed by atoms with E-state index in [9.17, 15) is 0 Å². The SMILES string of the molecule is CN(C)CCOCCNCc1cn2cc(Cl)ccc2n1. The lowest BCUT2D eigenvalue weighted by Gasteiger charge is -2.09. The molecule has 0 saturated heterocycles. The van der Waals surface area contributed by atoms with Crippen molar-refractivity contribution < 1.29 is 4.74 Å². The number of pyridine rings is 1. The van der Waals surface area contributed by atoms with Crippen LogP contribution in [0.3, 0.4) is 0 Å². The van der Waals surface area contributed by atoms with Gasteiger partial charge in [-0.1, -0.05) is 11.6 Å². The van der Waals surface area contributed by atoms with Crippen molar-refractivity contribution >= 4 is 17.2 Å². The number of ether oxygens (including phenoxy) is 1. The van der Waals surface area contributed by atoms with Crippen LogP contribution in [-0.2, 0) is 11.3 Å². The molecule has 2 heterocycles. The molecule has 110 valence electrons. The summed E-state index contributed by atoms with van der Waals surface area (Å²) >= 11 is 5.94. The molecule has 0 aliphatic heterocycles. The van der Waals surface area contributed by atoms with Crippen molar-refractivity contribution in [1.29, 1.82) is 0 Å². The van der Waals surface area contributed by atoms with E-state index in [0.29, 0.717) is 11.6 Å². The Bertz CT molecular complexity index is 541. The minimum Gasteiger partial charge on any atom is -0.379 e. The zero-order valence-electron chi connectivity index (χ0n) is 12.0. The Morgan fingerprint density at radius 3 is 2.95 bits per heavy atom. The molecular formula is C14H21ClN4O. The fourth-order valence-corrected chi connectivity index (χ4v) is 1.98. The molecule has 0 aliphatic carbocycles. The van der Waals surface area contributed by atoms with Gasteiger partial charge in [0.25, 0.3) is 0 Å². The highest BCUT2D eigenvalue weighted by Gasteiger charge is 2.01. The molecule has 2 aromatic heterocycles. The molecule has 2 rings (SSSR count). The highest BCUT2D eigenvalue weighted by Crippen LogP contribution is 2.11. The fraction of sp³-hybridized carbons (Fsp3) is 0.500. The maximum Gasteiger partial charge on any atom is 0.137 e. The predicted molar refractivity (Wildman–Crippen MR) is 81.3 cm³/mol. The third kappa shape index (κ3) is 4.76. The first kappa shape index (κ1) is 15.3. The van der Waals surface area contributed by atoms with E-state index in [4.69, 9.17) is 16.3 Å². The van der Waals surface area contributed by atoms with E-state index in [1.165, 1.54) is 0 Å². The number of hydrogen-bond donors (Lipinski definition) is 1. The number of fused-ring (bicyclic) bond motifs is 1. The second-order valence-electron chi connectivity index (χ2n) is 4.94. The summed E-state index contributed by atoms with van der Waals surface area (Å²) in [6, 6.07) is 3.76. The summed E-state index contributed by atoms with van der Waals surface area (Å²) in [5.41, 5.74) is 1.91. The second kappa shape index (κ2) is 7.59. The van der Waals surface area contributed by atoms with E-state index in [-0.39, 0.29) is 0 Å². The minimum atomic E-state index is 0.712. The van der Waals surface area contributed by atoms with E-state index >= 15 is 0 Å². The van der Waals surface area contributed by atoms with Gasteiger partial charge < -0.3 is 19.4 Å². The van der Waals surface area contributed by atoms with Crippen molar-refractivity contribution in [2.45, 2.75) is 6.54 Å². The number of rotatable bonds is 8. The molecular weight excluding hydrogens is 276 g/mol. The molecule has 5 nitrogen and oxygen atoms in total. The third-order valence-corrected chi connectivity index (χ3v) is 3.10. The standard InChI is InChI=1S/C14H21ClN4O/c1-18(2)6-8-20-7-5-16-9-13-11-19-10-12(15)3-4-14(19)17-13/h3-4,10-11,16H,5-9H2,1-2H3. The van der Waals surface area contributed by atoms with Gasteiger partial charge in [-0.05, 0) is 26.2 Å². The Morgan fingerprint density at radius 1 is 1.30 bits per heavy atom. The highest BCUT2D eigenvalue weighted by molar-refractivity contribution is 6.30. The van der Waals surface area contributed by atoms with Crippen LogP contribution in [0.4, 0.5) is 0 Å². The Kier molecular flexibility index (Phi) is 5.79. The molecule has 0 radical (unpaired) electrons. The van der Waals surface area contributed by atoms with Crippen molar-refractivity contribution in [3.05, 3.63) is 35.2 Å². The number of nitrogens with zero attached hydrogens (tertiary/aromatic N) is 3. The number of likely N-dealkylation sites (N-methyl/N-ethyl adjacent to an activating group) is 1. The average Bonchev–Trinajstić information content (AvgIpc) is 2.79. The fourth-order valence-electron chi connectivity index (χ4n) is 1.81. The van der Waals surface area contributed by atoms with Crippen LogP contribution in [0.15, 0.2) is 24.5 Å². The first-order valence-corrected chi connectivity index (χ1v) is 7.09. The summed E-state index contributed by atoms with van der Waals surface area (Å²) in [4.78, 5) is 6.61. The van der Waals surface area contributed by atoms with Crippen LogP contribution in [0, 0.1) is 0 Å². The van der Waals surface area contributed by atoms with Crippen LogP contribution in [0.5, 0.6) is 0 Å². The zero-order valence-corrected chi connectivity index (χ0v) is 12.7. The first-order chi connectivity index (χ1) is 9.65. The Labute approximate surface area is 124 Å². The van der Waals surface area contributed by atoms with Crippen LogP contribution < -0.4 is 5.32 Å². The van der Waals surface area contributed by atoms with Gasteiger partial charge in [-0.15, -0.1) is 0 Å². The van der Waals surface area contributed by atoms with Gasteiger partial charge in [0, 0.05) is 32.0 Å². The van der Waals surface area contributed by atoms with Gasteiger partial charge in [0.15, 0.2) is 0 Å². The van der Waals surface area contributed by atoms with Crippen molar-refractivity contribution in [3.8, 4) is 0 Å². The molecule has 0 bridgehead atoms. The van der Waals surface area contributed by atoms with E-state index in [0.717, 1.165) is 37.6 Å². The molecule has 0 aromatic carbocycles. The molecule has 20 heavy (non-hydrogen) atoms. The van der Waals surface area contributed by atoms with Crippen molar-refractivity contribution in [1.82, 2.24) is 19.6 Å². The lowest BCUT2D eigenvalue weighted by Crippen LogP contribution is -2.23. The van der Waals surface area contributed by atoms with E-state index in [1.54, 1.807) is 0 Å². The van der Waals surface area contributed by atoms with Gasteiger partial charge >= 0.3 is 0 Å². The normalized spacial score (nSPS) is 11.6. The average molecular weight is 297 g/mol. The molecule has 0 saturated carbocycles. The number of nitrogens with one attached hydrogen (secondary N) is 1. The van der Waals surface area contributed by atoms with Crippen LogP contribution in [0.1, 0.15) is 5.69 Å². The van der Waals surface area contributed by atoms with E-state index in [2.05, 4.69) is 15.2 Å². The van der Waals surface area contributed by atoms with Gasteiger partial charge in [0.05, 0.1) is 23.9 Å². The Balaban J connectivity index is 1.68. The maximum atomic E-state index is 5.94. The smallest absolute Gasteiger partial charge is 0.137 e. The minimum absolute atomic E-state index is 0.712. The van der Waals surface area contributed by atoms with Gasteiger partial charge in [-0.25, -0.2) is 4.98 Å². The topological polar surface area (TPSA) is 41.8 Å². The van der Waals surface area contributed by atoms with E-state index in [1.807, 2.05) is 43.0 Å². The Hall–Kier alpha value is -1.14. The first-order valence-electron chi connectivity index (χ1n) is 6.71. The Morgan fingerprint density at radius 2 is 2.15 bits per heavy atom. The number of aromatic nitrogens is 2. The molecule has 2 aromatic rings. The molecule has 0 unspecified atom stereocenters. The van der Waals surface area contributed by atoms with E-state index < -0.39 is 0 Å². The monoisotopic (exact) mass is 296 g/mol. The van der Waals surface area contributed by atoms with Gasteiger partial charge in [0.1, 0.15) is 5.65 Å². The van der Waals surface area contributed by atoms with Crippen LogP contribution in [0.25, 0.3) is 5.65 Å². The number of imidazole rings is 1. The van der Waals surface area contributed by atoms with Gasteiger partial charge in [-0.3, -0.25) is 0 Å². The summed E-state index contributed by atoms with van der Waals surface area (Å²) in [5.74, 6) is 0. The third-order valence-electron chi connectivity index (χ3n) is 2.88. The molecule has 0 fully saturated rings. The lowest BCUT2D eigenvalue weighted by molar-refractivity contribution is 0.119. The highest BCUT2D eigenvalue weighted by atomic mass is 35.5. The summed E-state index contributed by atoms with van der Waals surface area (Å²) in [6.45, 7) is 3.99. The zero-order chi connectivity index (χ0) is 14.4. The second-order valence-corrected chi connectivity index (χ2v) is 5.37. The quantitative estimate of drug-likeness (QED) is 0.752. The molecule has 0 aliphatic rings. The van der Waals surface area contributed by atoms with Gasteiger partial charge in [-0.2, -0.15) is 0 Å². The molecule has 0 spiro atoms. The molecule has 1 N–H and O–H groups in total. The lowest BCUT2D eigenvalue weighted by atomic mass is 10.4. The van der Waals surface area contributed by atoms with Gasteiger partial charge in [0.2, 0.25) is 0 Å². The van der Waals surface area contributed by atoms with Crippen molar-refractivity contribution in [3.63, 3.8) is 0 Å². The molecule has 0 amide bonds. The summed E-state index contributed by atoms with van der Waals surface area (Å²) in [5, 5.41) is 4.03. The van der Waals surface area contributed by atoms with Crippen molar-refractivity contribution in [2.75, 3.05) is 40.4 Å². The number of halogens is 1. The van der Waals surface area contributed by atoms with Crippen LogP contribution in [0.2, 0.25) is 5.02 Å². The maximum absolute atomic E-state index is 5.94.